The number of nitrogens with zero attached hydrogens (tertiary/aromatic N) is 2. The van der Waals surface area contributed by atoms with Crippen LogP contribution in [0.2, 0.25) is 5.02 Å². The fourth-order valence-corrected chi connectivity index (χ4v) is 4.28. The molecular weight excluding hydrogens is 456 g/mol. The number of non-ortho nitro benzene ring substituents is 1. The largest absolute Gasteiger partial charge is 0.493 e. The van der Waals surface area contributed by atoms with Gasteiger partial charge in [-0.1, -0.05) is 30.7 Å². The Morgan fingerprint density at radius 3 is 2.69 bits per heavy atom. The Kier molecular flexibility index (Phi) is 7.42. The predicted molar refractivity (Wildman–Crippen MR) is 123 cm³/mol. The van der Waals surface area contributed by atoms with Crippen molar-refractivity contribution in [2.45, 2.75) is 32.9 Å². The lowest BCUT2D eigenvalue weighted by atomic mass is 10.1. The Labute approximate surface area is 194 Å². The summed E-state index contributed by atoms with van der Waals surface area (Å²) in [5.41, 5.74) is 1.13. The Bertz CT molecular complexity index is 1100. The molecule has 1 saturated heterocycles. The summed E-state index contributed by atoms with van der Waals surface area (Å²) in [5, 5.41) is 10.9. The van der Waals surface area contributed by atoms with E-state index in [1.807, 2.05) is 13.8 Å². The van der Waals surface area contributed by atoms with E-state index >= 15 is 0 Å². The van der Waals surface area contributed by atoms with E-state index in [1.54, 1.807) is 30.3 Å². The number of halogens is 1. The van der Waals surface area contributed by atoms with Gasteiger partial charge in [0.05, 0.1) is 22.0 Å². The summed E-state index contributed by atoms with van der Waals surface area (Å²) in [7, 11) is 1.45. The lowest BCUT2D eigenvalue weighted by molar-refractivity contribution is -0.384. The summed E-state index contributed by atoms with van der Waals surface area (Å²) < 4.78 is 11.2. The zero-order chi connectivity index (χ0) is 23.4. The summed E-state index contributed by atoms with van der Waals surface area (Å²) in [5.74, 6) is 0.260. The van der Waals surface area contributed by atoms with Gasteiger partial charge in [-0.05, 0) is 54.4 Å². The summed E-state index contributed by atoms with van der Waals surface area (Å²) in [6, 6.07) is 9.16. The Hall–Kier alpha value is -3.04. The fraction of sp³-hybridized carbons (Fsp3) is 0.273. The SMILES string of the molecule is CC[C@H](C)N1C(=O)S/C(=C/c2cc(Cl)c(OCc3cccc([N+](=O)[O-])c3)c(OC)c2)C1=O. The highest BCUT2D eigenvalue weighted by Gasteiger charge is 2.37. The topological polar surface area (TPSA) is 99.0 Å². The van der Waals surface area contributed by atoms with E-state index in [1.165, 1.54) is 24.1 Å². The van der Waals surface area contributed by atoms with Gasteiger partial charge in [0.25, 0.3) is 16.8 Å². The maximum absolute atomic E-state index is 12.6. The van der Waals surface area contributed by atoms with Gasteiger partial charge < -0.3 is 9.47 Å². The molecule has 32 heavy (non-hydrogen) atoms. The highest BCUT2D eigenvalue weighted by Crippen LogP contribution is 2.39. The summed E-state index contributed by atoms with van der Waals surface area (Å²) in [6.07, 6.45) is 2.26. The molecule has 0 saturated carbocycles. The van der Waals surface area contributed by atoms with Crippen molar-refractivity contribution in [2.75, 3.05) is 7.11 Å². The molecule has 2 aromatic carbocycles. The number of nitro groups is 1. The summed E-state index contributed by atoms with van der Waals surface area (Å²) >= 11 is 7.29. The van der Waals surface area contributed by atoms with Gasteiger partial charge in [0, 0.05) is 18.2 Å². The maximum atomic E-state index is 12.6. The molecule has 0 N–H and O–H groups in total. The first kappa shape index (κ1) is 23.6. The van der Waals surface area contributed by atoms with E-state index in [9.17, 15) is 19.7 Å². The summed E-state index contributed by atoms with van der Waals surface area (Å²) in [4.78, 5) is 36.9. The number of ether oxygens (including phenoxy) is 2. The van der Waals surface area contributed by atoms with E-state index in [-0.39, 0.29) is 40.3 Å². The van der Waals surface area contributed by atoms with Gasteiger partial charge in [0.1, 0.15) is 6.61 Å². The van der Waals surface area contributed by atoms with Crippen LogP contribution in [0.15, 0.2) is 41.3 Å². The molecule has 1 aliphatic heterocycles. The van der Waals surface area contributed by atoms with Gasteiger partial charge >= 0.3 is 0 Å². The van der Waals surface area contributed by atoms with Crippen LogP contribution in [0.3, 0.4) is 0 Å². The molecule has 0 spiro atoms. The van der Waals surface area contributed by atoms with Crippen molar-refractivity contribution in [3.8, 4) is 11.5 Å². The minimum Gasteiger partial charge on any atom is -0.493 e. The second kappa shape index (κ2) is 10.1. The quantitative estimate of drug-likeness (QED) is 0.275. The maximum Gasteiger partial charge on any atom is 0.293 e. The molecule has 1 fully saturated rings. The zero-order valence-electron chi connectivity index (χ0n) is 17.7. The molecule has 2 amide bonds. The van der Waals surface area contributed by atoms with Crippen LogP contribution in [0, 0.1) is 10.1 Å². The van der Waals surface area contributed by atoms with Crippen LogP contribution < -0.4 is 9.47 Å². The van der Waals surface area contributed by atoms with Crippen molar-refractivity contribution in [1.29, 1.82) is 0 Å². The van der Waals surface area contributed by atoms with Crippen LogP contribution in [0.25, 0.3) is 6.08 Å². The first-order valence-corrected chi connectivity index (χ1v) is 10.9. The number of methoxy groups -OCH3 is 1. The highest BCUT2D eigenvalue weighted by atomic mass is 35.5. The lowest BCUT2D eigenvalue weighted by Crippen LogP contribution is -2.36. The standard InChI is InChI=1S/C22H21ClN2O6S/c1-4-13(2)24-21(26)19(32-22(24)27)11-15-9-17(23)20(18(10-15)30-3)31-12-14-6-5-7-16(8-14)25(28)29/h5-11,13H,4,12H2,1-3H3/b19-11+/t13-/m0/s1. The van der Waals surface area contributed by atoms with E-state index in [4.69, 9.17) is 21.1 Å². The highest BCUT2D eigenvalue weighted by molar-refractivity contribution is 8.18. The first-order valence-electron chi connectivity index (χ1n) is 9.75. The van der Waals surface area contributed by atoms with Crippen molar-refractivity contribution >= 4 is 46.3 Å². The number of carbonyl (C=O) groups excluding carboxylic acids is 2. The number of rotatable bonds is 8. The molecule has 0 aromatic heterocycles. The molecule has 168 valence electrons. The second-order valence-electron chi connectivity index (χ2n) is 7.06. The molecule has 0 bridgehead atoms. The third kappa shape index (κ3) is 5.05. The molecule has 0 unspecified atom stereocenters. The minimum atomic E-state index is -0.477. The monoisotopic (exact) mass is 476 g/mol. The molecule has 0 aliphatic carbocycles. The molecular formula is C22H21ClN2O6S. The van der Waals surface area contributed by atoms with Crippen molar-refractivity contribution in [2.24, 2.45) is 0 Å². The number of amides is 2. The molecule has 10 heteroatoms. The fourth-order valence-electron chi connectivity index (χ4n) is 3.07. The Morgan fingerprint density at radius 1 is 1.28 bits per heavy atom. The number of hydrogen-bond acceptors (Lipinski definition) is 7. The average molecular weight is 477 g/mol. The van der Waals surface area contributed by atoms with Gasteiger partial charge in [0.15, 0.2) is 11.5 Å². The lowest BCUT2D eigenvalue weighted by Gasteiger charge is -2.19. The summed E-state index contributed by atoms with van der Waals surface area (Å²) in [6.45, 7) is 3.78. The van der Waals surface area contributed by atoms with Gasteiger partial charge in [-0.25, -0.2) is 0 Å². The van der Waals surface area contributed by atoms with Gasteiger partial charge in [-0.15, -0.1) is 0 Å². The van der Waals surface area contributed by atoms with Crippen molar-refractivity contribution < 1.29 is 24.0 Å². The molecule has 2 aromatic rings. The third-order valence-corrected chi connectivity index (χ3v) is 6.07. The van der Waals surface area contributed by atoms with Crippen LogP contribution in [0.1, 0.15) is 31.4 Å². The van der Waals surface area contributed by atoms with E-state index in [2.05, 4.69) is 0 Å². The Morgan fingerprint density at radius 2 is 2.03 bits per heavy atom. The van der Waals surface area contributed by atoms with Gasteiger partial charge in [-0.2, -0.15) is 0 Å². The molecule has 0 radical (unpaired) electrons. The van der Waals surface area contributed by atoms with Crippen molar-refractivity contribution in [3.63, 3.8) is 0 Å². The smallest absolute Gasteiger partial charge is 0.293 e. The first-order chi connectivity index (χ1) is 15.2. The molecule has 3 rings (SSSR count). The number of carbonyl (C=O) groups is 2. The van der Waals surface area contributed by atoms with Crippen LogP contribution in [0.5, 0.6) is 11.5 Å². The minimum absolute atomic E-state index is 0.0363. The van der Waals surface area contributed by atoms with Gasteiger partial charge in [0.2, 0.25) is 0 Å². The van der Waals surface area contributed by atoms with Gasteiger partial charge in [-0.3, -0.25) is 24.6 Å². The van der Waals surface area contributed by atoms with E-state index in [0.717, 1.165) is 11.8 Å². The molecule has 1 aliphatic rings. The number of nitro benzene ring substituents is 1. The number of hydrogen-bond donors (Lipinski definition) is 0. The Balaban J connectivity index is 1.83. The number of benzene rings is 2. The number of imide groups is 1. The molecule has 8 nitrogen and oxygen atoms in total. The van der Waals surface area contributed by atoms with Crippen molar-refractivity contribution in [3.05, 3.63) is 67.6 Å². The normalized spacial score (nSPS) is 15.9. The van der Waals surface area contributed by atoms with E-state index < -0.39 is 4.92 Å². The van der Waals surface area contributed by atoms with Crippen LogP contribution >= 0.6 is 23.4 Å². The van der Waals surface area contributed by atoms with Crippen molar-refractivity contribution in [1.82, 2.24) is 4.90 Å². The molecule has 1 atom stereocenters. The molecule has 1 heterocycles. The second-order valence-corrected chi connectivity index (χ2v) is 8.46. The predicted octanol–water partition coefficient (Wildman–Crippen LogP) is 5.67. The average Bonchev–Trinajstić information content (AvgIpc) is 3.04. The number of thioether (sulfide) groups is 1. The third-order valence-electron chi connectivity index (χ3n) is 4.91. The van der Waals surface area contributed by atoms with E-state index in [0.29, 0.717) is 28.2 Å². The van der Waals surface area contributed by atoms with Crippen LogP contribution in [0.4, 0.5) is 10.5 Å². The van der Waals surface area contributed by atoms with Crippen LogP contribution in [-0.4, -0.2) is 34.1 Å². The zero-order valence-corrected chi connectivity index (χ0v) is 19.2. The van der Waals surface area contributed by atoms with Crippen LogP contribution in [-0.2, 0) is 11.4 Å².